The molecule has 0 atom stereocenters. The van der Waals surface area contributed by atoms with Crippen LogP contribution in [-0.2, 0) is 16.1 Å². The molecule has 152 valence electrons. The number of benzene rings is 2. The van der Waals surface area contributed by atoms with Crippen molar-refractivity contribution >= 4 is 35.0 Å². The van der Waals surface area contributed by atoms with Gasteiger partial charge in [0, 0.05) is 16.4 Å². The Morgan fingerprint density at radius 1 is 1.21 bits per heavy atom. The molecule has 0 spiro atoms. The molecule has 8 heteroatoms. The summed E-state index contributed by atoms with van der Waals surface area (Å²) in [4.78, 5) is 11.9. The average Bonchev–Trinajstić information content (AvgIpc) is 3.08. The maximum atomic E-state index is 11.9. The van der Waals surface area contributed by atoms with Gasteiger partial charge in [-0.3, -0.25) is 9.36 Å². The van der Waals surface area contributed by atoms with Crippen molar-refractivity contribution < 1.29 is 9.53 Å². The third-order valence-corrected chi connectivity index (χ3v) is 5.09. The first-order valence-electron chi connectivity index (χ1n) is 9.25. The van der Waals surface area contributed by atoms with E-state index >= 15 is 0 Å². The van der Waals surface area contributed by atoms with Gasteiger partial charge in [0.15, 0.2) is 11.0 Å². The van der Waals surface area contributed by atoms with Crippen LogP contribution in [0.2, 0.25) is 5.02 Å². The summed E-state index contributed by atoms with van der Waals surface area (Å²) < 4.78 is 7.16. The minimum absolute atomic E-state index is 0.143. The fourth-order valence-electron chi connectivity index (χ4n) is 2.66. The second-order valence-electron chi connectivity index (χ2n) is 6.76. The number of carbonyl (C=O) groups is 1. The number of thioether (sulfide) groups is 1. The maximum absolute atomic E-state index is 11.9. The van der Waals surface area contributed by atoms with Crippen molar-refractivity contribution in [2.45, 2.75) is 38.6 Å². The van der Waals surface area contributed by atoms with Crippen LogP contribution in [0.4, 0.5) is 5.69 Å². The van der Waals surface area contributed by atoms with Gasteiger partial charge in [-0.1, -0.05) is 47.1 Å². The summed E-state index contributed by atoms with van der Waals surface area (Å²) in [5, 5.41) is 13.3. The lowest BCUT2D eigenvalue weighted by Crippen LogP contribution is -2.14. The molecule has 1 N–H and O–H groups in total. The quantitative estimate of drug-likeness (QED) is 0.405. The van der Waals surface area contributed by atoms with Crippen LogP contribution in [0.15, 0.2) is 53.7 Å². The van der Waals surface area contributed by atoms with Gasteiger partial charge in [0.05, 0.1) is 18.4 Å². The van der Waals surface area contributed by atoms with Crippen molar-refractivity contribution in [2.24, 2.45) is 0 Å². The molecule has 3 aromatic rings. The van der Waals surface area contributed by atoms with E-state index in [0.717, 1.165) is 22.8 Å². The number of ether oxygens (including phenoxy) is 1. The number of aryl methyl sites for hydroxylation is 1. The van der Waals surface area contributed by atoms with E-state index in [2.05, 4.69) is 15.5 Å². The molecule has 0 aliphatic carbocycles. The van der Waals surface area contributed by atoms with Crippen molar-refractivity contribution in [3.05, 3.63) is 64.9 Å². The molecule has 0 saturated heterocycles. The van der Waals surface area contributed by atoms with E-state index in [0.29, 0.717) is 16.7 Å². The minimum atomic E-state index is -0.276. The van der Waals surface area contributed by atoms with Crippen LogP contribution in [-0.4, -0.2) is 32.6 Å². The molecule has 0 amide bonds. The van der Waals surface area contributed by atoms with Crippen molar-refractivity contribution in [2.75, 3.05) is 11.1 Å². The van der Waals surface area contributed by atoms with Crippen LogP contribution < -0.4 is 5.32 Å². The van der Waals surface area contributed by atoms with Crippen LogP contribution in [0, 0.1) is 6.92 Å². The van der Waals surface area contributed by atoms with E-state index < -0.39 is 0 Å². The Labute approximate surface area is 179 Å². The van der Waals surface area contributed by atoms with Crippen molar-refractivity contribution in [3.63, 3.8) is 0 Å². The maximum Gasteiger partial charge on any atom is 0.316 e. The van der Waals surface area contributed by atoms with Gasteiger partial charge in [-0.05, 0) is 51.1 Å². The third-order valence-electron chi connectivity index (χ3n) is 3.95. The fraction of sp³-hybridized carbons (Fsp3) is 0.286. The molecule has 0 unspecified atom stereocenters. The Hall–Kier alpha value is -2.51. The highest BCUT2D eigenvalue weighted by atomic mass is 35.5. The number of anilines is 1. The second kappa shape index (κ2) is 9.80. The molecular weight excluding hydrogens is 408 g/mol. The molecule has 29 heavy (non-hydrogen) atoms. The van der Waals surface area contributed by atoms with Gasteiger partial charge >= 0.3 is 5.97 Å². The van der Waals surface area contributed by atoms with Gasteiger partial charge in [-0.15, -0.1) is 10.2 Å². The molecule has 6 nitrogen and oxygen atoms in total. The molecule has 1 heterocycles. The molecule has 0 radical (unpaired) electrons. The van der Waals surface area contributed by atoms with Crippen molar-refractivity contribution in [1.82, 2.24) is 14.8 Å². The van der Waals surface area contributed by atoms with Crippen molar-refractivity contribution in [1.29, 1.82) is 0 Å². The number of carbonyl (C=O) groups excluding carboxylic acids is 1. The molecule has 0 aliphatic rings. The summed E-state index contributed by atoms with van der Waals surface area (Å²) in [5.41, 5.74) is 2.99. The van der Waals surface area contributed by atoms with Crippen LogP contribution in [0.1, 0.15) is 25.2 Å². The van der Waals surface area contributed by atoms with Crippen LogP contribution in [0.3, 0.4) is 0 Å². The zero-order chi connectivity index (χ0) is 20.8. The minimum Gasteiger partial charge on any atom is -0.462 e. The van der Waals surface area contributed by atoms with Gasteiger partial charge < -0.3 is 10.1 Å². The summed E-state index contributed by atoms with van der Waals surface area (Å²) in [6, 6.07) is 15.6. The summed E-state index contributed by atoms with van der Waals surface area (Å²) in [5.74, 6) is 0.625. The number of hydrogen-bond donors (Lipinski definition) is 1. The van der Waals surface area contributed by atoms with Crippen LogP contribution in [0.25, 0.3) is 5.69 Å². The monoisotopic (exact) mass is 430 g/mol. The smallest absolute Gasteiger partial charge is 0.316 e. The van der Waals surface area contributed by atoms with Gasteiger partial charge in [-0.25, -0.2) is 0 Å². The molecular formula is C21H23ClN4O2S. The molecule has 0 aliphatic heterocycles. The molecule has 0 fully saturated rings. The van der Waals surface area contributed by atoms with Gasteiger partial charge in [0.25, 0.3) is 0 Å². The predicted molar refractivity (Wildman–Crippen MR) is 117 cm³/mol. The Bertz CT molecular complexity index is 973. The van der Waals surface area contributed by atoms with Crippen molar-refractivity contribution in [3.8, 4) is 5.69 Å². The average molecular weight is 431 g/mol. The molecule has 0 saturated carbocycles. The largest absolute Gasteiger partial charge is 0.462 e. The zero-order valence-electron chi connectivity index (χ0n) is 16.6. The lowest BCUT2D eigenvalue weighted by molar-refractivity contribution is -0.144. The first-order valence-corrected chi connectivity index (χ1v) is 10.6. The standard InChI is InChI=1S/C21H23ClN4O2S/c1-14(2)28-20(27)13-29-21-25-24-19(12-23-17-6-4-5-16(22)11-17)26(21)18-9-7-15(3)8-10-18/h4-11,14,23H,12-13H2,1-3H3. The summed E-state index contributed by atoms with van der Waals surface area (Å²) in [7, 11) is 0. The molecule has 0 bridgehead atoms. The number of hydrogen-bond acceptors (Lipinski definition) is 6. The Balaban J connectivity index is 1.82. The first-order chi connectivity index (χ1) is 13.9. The lowest BCUT2D eigenvalue weighted by atomic mass is 10.2. The van der Waals surface area contributed by atoms with Crippen LogP contribution in [0.5, 0.6) is 0 Å². The number of rotatable bonds is 8. The summed E-state index contributed by atoms with van der Waals surface area (Å²) >= 11 is 7.37. The van der Waals surface area contributed by atoms with E-state index in [4.69, 9.17) is 16.3 Å². The van der Waals surface area contributed by atoms with Gasteiger partial charge in [0.2, 0.25) is 0 Å². The van der Waals surface area contributed by atoms with E-state index in [-0.39, 0.29) is 17.8 Å². The van der Waals surface area contributed by atoms with E-state index in [1.807, 2.05) is 73.9 Å². The topological polar surface area (TPSA) is 69.0 Å². The number of nitrogens with one attached hydrogen (secondary N) is 1. The fourth-order valence-corrected chi connectivity index (χ4v) is 3.61. The SMILES string of the molecule is Cc1ccc(-n2c(CNc3cccc(Cl)c3)nnc2SCC(=O)OC(C)C)cc1. The number of halogens is 1. The Morgan fingerprint density at radius 2 is 1.97 bits per heavy atom. The Kier molecular flexibility index (Phi) is 7.17. The van der Waals surface area contributed by atoms with Gasteiger partial charge in [0.1, 0.15) is 0 Å². The highest BCUT2D eigenvalue weighted by Crippen LogP contribution is 2.24. The number of esters is 1. The Morgan fingerprint density at radius 3 is 2.66 bits per heavy atom. The van der Waals surface area contributed by atoms with Crippen LogP contribution >= 0.6 is 23.4 Å². The summed E-state index contributed by atoms with van der Waals surface area (Å²) in [6.45, 7) is 6.15. The zero-order valence-corrected chi connectivity index (χ0v) is 18.1. The van der Waals surface area contributed by atoms with E-state index in [1.165, 1.54) is 11.8 Å². The summed E-state index contributed by atoms with van der Waals surface area (Å²) in [6.07, 6.45) is -0.143. The highest BCUT2D eigenvalue weighted by Gasteiger charge is 2.17. The highest BCUT2D eigenvalue weighted by molar-refractivity contribution is 7.99. The van der Waals surface area contributed by atoms with E-state index in [1.54, 1.807) is 0 Å². The first kappa shape index (κ1) is 21.2. The molecule has 1 aromatic heterocycles. The normalized spacial score (nSPS) is 10.9. The lowest BCUT2D eigenvalue weighted by Gasteiger charge is -2.12. The molecule has 3 rings (SSSR count). The number of nitrogens with zero attached hydrogens (tertiary/aromatic N) is 3. The van der Waals surface area contributed by atoms with Gasteiger partial charge in [-0.2, -0.15) is 0 Å². The second-order valence-corrected chi connectivity index (χ2v) is 8.14. The number of aromatic nitrogens is 3. The molecule has 2 aromatic carbocycles. The predicted octanol–water partition coefficient (Wildman–Crippen LogP) is 4.88. The third kappa shape index (κ3) is 5.98. The van der Waals surface area contributed by atoms with E-state index in [9.17, 15) is 4.79 Å².